The number of carbonyl (C=O) groups excluding carboxylic acids is 1. The number of carbonyl (C=O) groups is 1. The number of aromatic hydroxyl groups is 1. The van der Waals surface area contributed by atoms with Crippen LogP contribution in [-0.2, 0) is 21.4 Å². The van der Waals surface area contributed by atoms with Crippen LogP contribution in [-0.4, -0.2) is 32.7 Å². The van der Waals surface area contributed by atoms with E-state index in [0.29, 0.717) is 29.8 Å². The topological polar surface area (TPSA) is 89.3 Å². The molecule has 0 unspecified atom stereocenters. The van der Waals surface area contributed by atoms with E-state index in [-0.39, 0.29) is 17.1 Å². The maximum Gasteiger partial charge on any atom is 0.333 e. The molecule has 7 nitrogen and oxygen atoms in total. The molecule has 2 N–H and O–H groups in total. The number of phenolic OH excluding ortho intramolecular Hbond substituents is 1. The molecule has 186 valence electrons. The van der Waals surface area contributed by atoms with Gasteiger partial charge in [0.1, 0.15) is 22.5 Å². The van der Waals surface area contributed by atoms with Gasteiger partial charge in [-0.05, 0) is 66.8 Å². The van der Waals surface area contributed by atoms with E-state index >= 15 is 0 Å². The number of hydrogen-bond donors (Lipinski definition) is 2. The van der Waals surface area contributed by atoms with E-state index in [1.165, 1.54) is 4.80 Å². The number of aryl methyl sites for hydroxylation is 1. The van der Waals surface area contributed by atoms with Crippen molar-refractivity contribution >= 4 is 28.4 Å². The van der Waals surface area contributed by atoms with Gasteiger partial charge < -0.3 is 15.2 Å². The van der Waals surface area contributed by atoms with Crippen molar-refractivity contribution < 1.29 is 14.6 Å². The highest BCUT2D eigenvalue weighted by atomic mass is 16.5. The number of benzene rings is 3. The van der Waals surface area contributed by atoms with Gasteiger partial charge in [-0.1, -0.05) is 45.5 Å². The molecule has 0 fully saturated rings. The van der Waals surface area contributed by atoms with Crippen LogP contribution < -0.4 is 5.32 Å². The number of rotatable bonds is 7. The predicted molar refractivity (Wildman–Crippen MR) is 143 cm³/mol. The van der Waals surface area contributed by atoms with Gasteiger partial charge in [-0.2, -0.15) is 0 Å². The highest BCUT2D eigenvalue weighted by Gasteiger charge is 2.22. The summed E-state index contributed by atoms with van der Waals surface area (Å²) in [7, 11) is 0. The molecule has 36 heavy (non-hydrogen) atoms. The Hall–Kier alpha value is -4.13. The zero-order chi connectivity index (χ0) is 26.0. The third-order valence-corrected chi connectivity index (χ3v) is 5.85. The van der Waals surface area contributed by atoms with Crippen molar-refractivity contribution in [3.8, 4) is 11.4 Å². The number of nitrogens with zero attached hydrogens (tertiary/aromatic N) is 3. The average Bonchev–Trinajstić information content (AvgIpc) is 3.24. The molecular weight excluding hydrogens is 452 g/mol. The first-order valence-corrected chi connectivity index (χ1v) is 11.9. The summed E-state index contributed by atoms with van der Waals surface area (Å²) in [6, 6.07) is 17.6. The van der Waals surface area contributed by atoms with Gasteiger partial charge in [0.05, 0.1) is 6.61 Å². The summed E-state index contributed by atoms with van der Waals surface area (Å²) in [5, 5.41) is 23.6. The molecule has 1 heterocycles. The zero-order valence-electron chi connectivity index (χ0n) is 21.4. The van der Waals surface area contributed by atoms with Gasteiger partial charge in [-0.3, -0.25) is 0 Å². The third kappa shape index (κ3) is 5.57. The van der Waals surface area contributed by atoms with Crippen LogP contribution in [0.1, 0.15) is 44.4 Å². The van der Waals surface area contributed by atoms with Gasteiger partial charge in [0, 0.05) is 28.9 Å². The van der Waals surface area contributed by atoms with Crippen LogP contribution in [0.25, 0.3) is 16.7 Å². The molecular formula is C29H32N4O3. The van der Waals surface area contributed by atoms with Crippen LogP contribution >= 0.6 is 0 Å². The van der Waals surface area contributed by atoms with Crippen molar-refractivity contribution in [2.45, 2.75) is 46.5 Å². The number of aromatic nitrogens is 3. The lowest BCUT2D eigenvalue weighted by Crippen LogP contribution is -2.13. The molecule has 0 amide bonds. The minimum Gasteiger partial charge on any atom is -0.505 e. The predicted octanol–water partition coefficient (Wildman–Crippen LogP) is 6.14. The van der Waals surface area contributed by atoms with E-state index in [2.05, 4.69) is 42.9 Å². The van der Waals surface area contributed by atoms with Crippen molar-refractivity contribution in [3.05, 3.63) is 83.4 Å². The highest BCUT2D eigenvalue weighted by Crippen LogP contribution is 2.36. The third-order valence-electron chi connectivity index (χ3n) is 5.85. The minimum atomic E-state index is -0.368. The maximum atomic E-state index is 11.5. The second-order valence-electron chi connectivity index (χ2n) is 10.1. The number of esters is 1. The van der Waals surface area contributed by atoms with Crippen molar-refractivity contribution in [3.63, 3.8) is 0 Å². The Balaban J connectivity index is 1.50. The van der Waals surface area contributed by atoms with Gasteiger partial charge >= 0.3 is 5.97 Å². The summed E-state index contributed by atoms with van der Waals surface area (Å²) < 4.78 is 5.16. The first-order valence-electron chi connectivity index (χ1n) is 11.9. The number of fused-ring (bicyclic) bond motifs is 1. The first-order chi connectivity index (χ1) is 17.0. The molecule has 1 aromatic heterocycles. The molecule has 0 saturated carbocycles. The average molecular weight is 485 g/mol. The summed E-state index contributed by atoms with van der Waals surface area (Å²) in [5.74, 6) is -0.172. The summed E-state index contributed by atoms with van der Waals surface area (Å²) in [6.07, 6.45) is 0.636. The maximum absolute atomic E-state index is 11.5. The Labute approximate surface area is 211 Å². The smallest absolute Gasteiger partial charge is 0.333 e. The van der Waals surface area contributed by atoms with Crippen molar-refractivity contribution in [1.82, 2.24) is 15.0 Å². The lowest BCUT2D eigenvalue weighted by Gasteiger charge is -2.22. The minimum absolute atomic E-state index is 0.196. The second kappa shape index (κ2) is 9.85. The summed E-state index contributed by atoms with van der Waals surface area (Å²) in [6.45, 7) is 13.8. The van der Waals surface area contributed by atoms with Crippen LogP contribution in [0.5, 0.6) is 5.75 Å². The van der Waals surface area contributed by atoms with Crippen molar-refractivity contribution in [2.75, 3.05) is 11.9 Å². The number of anilines is 2. The van der Waals surface area contributed by atoms with Gasteiger partial charge in [0.2, 0.25) is 0 Å². The fourth-order valence-electron chi connectivity index (χ4n) is 3.89. The SMILES string of the molecule is C=C(C)C(=O)OCCc1ccc(Nc2ccc3nn(-c4cc(C)cc(C(C)(C)C)c4O)nc3c2)cc1. The fraction of sp³-hybridized carbons (Fsp3) is 0.276. The molecule has 0 atom stereocenters. The summed E-state index contributed by atoms with van der Waals surface area (Å²) >= 11 is 0. The number of phenols is 1. The summed E-state index contributed by atoms with van der Waals surface area (Å²) in [4.78, 5) is 13.0. The molecule has 0 aliphatic rings. The van der Waals surface area contributed by atoms with E-state index in [9.17, 15) is 9.90 Å². The highest BCUT2D eigenvalue weighted by molar-refractivity contribution is 5.86. The van der Waals surface area contributed by atoms with Crippen LogP contribution in [0.4, 0.5) is 11.4 Å². The molecule has 0 spiro atoms. The van der Waals surface area contributed by atoms with E-state index < -0.39 is 0 Å². The van der Waals surface area contributed by atoms with Crippen LogP contribution in [0.15, 0.2) is 66.7 Å². The second-order valence-corrected chi connectivity index (χ2v) is 10.1. The van der Waals surface area contributed by atoms with Gasteiger partial charge in [-0.15, -0.1) is 15.0 Å². The molecule has 0 bridgehead atoms. The Morgan fingerprint density at radius 3 is 2.36 bits per heavy atom. The van der Waals surface area contributed by atoms with Gasteiger partial charge in [0.25, 0.3) is 0 Å². The standard InChI is InChI=1S/C29H32N4O3/c1-18(2)28(35)36-14-13-20-7-9-21(10-8-20)30-22-11-12-24-25(17-22)32-33(31-24)26-16-19(3)15-23(27(26)34)29(4,5)6/h7-12,15-17,30,34H,1,13-14H2,2-6H3. The number of hydrogen-bond acceptors (Lipinski definition) is 6. The molecule has 0 aliphatic carbocycles. The van der Waals surface area contributed by atoms with Crippen molar-refractivity contribution in [2.24, 2.45) is 0 Å². The van der Waals surface area contributed by atoms with E-state index in [0.717, 1.165) is 33.6 Å². The molecule has 7 heteroatoms. The number of ether oxygens (including phenoxy) is 1. The lowest BCUT2D eigenvalue weighted by molar-refractivity contribution is -0.138. The first kappa shape index (κ1) is 25.0. The van der Waals surface area contributed by atoms with Crippen LogP contribution in [0.2, 0.25) is 0 Å². The molecule has 3 aromatic carbocycles. The molecule has 0 aliphatic heterocycles. The fourth-order valence-corrected chi connectivity index (χ4v) is 3.89. The Morgan fingerprint density at radius 1 is 1.03 bits per heavy atom. The monoisotopic (exact) mass is 484 g/mol. The molecule has 4 aromatic rings. The van der Waals surface area contributed by atoms with E-state index in [1.54, 1.807) is 6.92 Å². The zero-order valence-corrected chi connectivity index (χ0v) is 21.4. The van der Waals surface area contributed by atoms with Crippen LogP contribution in [0, 0.1) is 6.92 Å². The summed E-state index contributed by atoms with van der Waals surface area (Å²) in [5.41, 5.74) is 6.98. The normalized spacial score (nSPS) is 11.5. The lowest BCUT2D eigenvalue weighted by atomic mass is 9.85. The largest absolute Gasteiger partial charge is 0.505 e. The quantitative estimate of drug-likeness (QED) is 0.242. The van der Waals surface area contributed by atoms with E-state index in [1.807, 2.05) is 61.5 Å². The molecule has 0 saturated heterocycles. The number of nitrogens with one attached hydrogen (secondary N) is 1. The Bertz CT molecular complexity index is 1430. The Kier molecular flexibility index (Phi) is 6.84. The van der Waals surface area contributed by atoms with Gasteiger partial charge in [-0.25, -0.2) is 4.79 Å². The van der Waals surface area contributed by atoms with Crippen molar-refractivity contribution in [1.29, 1.82) is 0 Å². The Morgan fingerprint density at radius 2 is 1.69 bits per heavy atom. The van der Waals surface area contributed by atoms with Crippen LogP contribution in [0.3, 0.4) is 0 Å². The molecule has 4 rings (SSSR count). The van der Waals surface area contributed by atoms with E-state index in [4.69, 9.17) is 4.74 Å². The molecule has 0 radical (unpaired) electrons. The van der Waals surface area contributed by atoms with Gasteiger partial charge in [0.15, 0.2) is 0 Å².